The van der Waals surface area contributed by atoms with E-state index in [0.717, 1.165) is 19.3 Å². The van der Waals surface area contributed by atoms with Crippen molar-refractivity contribution >= 4 is 5.97 Å². The minimum Gasteiger partial charge on any atom is -0.461 e. The van der Waals surface area contributed by atoms with Crippen molar-refractivity contribution in [3.8, 4) is 0 Å². The third kappa shape index (κ3) is 2.19. The van der Waals surface area contributed by atoms with Crippen LogP contribution in [0.3, 0.4) is 0 Å². The molecule has 0 radical (unpaired) electrons. The number of cyclic esters (lactones) is 1. The van der Waals surface area contributed by atoms with E-state index in [1.807, 2.05) is 0 Å². The molecule has 0 saturated carbocycles. The smallest absolute Gasteiger partial charge is 0.323 e. The first-order valence-corrected chi connectivity index (χ1v) is 4.20. The van der Waals surface area contributed by atoms with Crippen LogP contribution < -0.4 is 5.73 Å². The number of rotatable bonds is 3. The molecular formula is C8H15NO2. The SMILES string of the molecule is CCCC[C@H]1C[C@@H](N)C(=O)O1. The highest BCUT2D eigenvalue weighted by molar-refractivity contribution is 5.77. The Morgan fingerprint density at radius 1 is 1.73 bits per heavy atom. The maximum Gasteiger partial charge on any atom is 0.323 e. The van der Waals surface area contributed by atoms with Crippen molar-refractivity contribution in [3.63, 3.8) is 0 Å². The number of carbonyl (C=O) groups is 1. The molecule has 1 aliphatic heterocycles. The topological polar surface area (TPSA) is 52.3 Å². The van der Waals surface area contributed by atoms with Gasteiger partial charge in [0, 0.05) is 6.42 Å². The predicted octanol–water partition coefficient (Wildman–Crippen LogP) is 0.819. The zero-order valence-electron chi connectivity index (χ0n) is 6.88. The van der Waals surface area contributed by atoms with Crippen LogP contribution in [0.5, 0.6) is 0 Å². The normalized spacial score (nSPS) is 30.5. The van der Waals surface area contributed by atoms with Crippen molar-refractivity contribution in [1.29, 1.82) is 0 Å². The van der Waals surface area contributed by atoms with Crippen molar-refractivity contribution in [3.05, 3.63) is 0 Å². The summed E-state index contributed by atoms with van der Waals surface area (Å²) in [4.78, 5) is 10.8. The Morgan fingerprint density at radius 3 is 2.91 bits per heavy atom. The fraction of sp³-hybridized carbons (Fsp3) is 0.875. The number of unbranched alkanes of at least 4 members (excludes halogenated alkanes) is 1. The molecule has 2 N–H and O–H groups in total. The molecule has 0 aromatic heterocycles. The second-order valence-corrected chi connectivity index (χ2v) is 3.04. The molecule has 1 fully saturated rings. The van der Waals surface area contributed by atoms with Crippen LogP contribution in [0.15, 0.2) is 0 Å². The molecule has 1 rings (SSSR count). The summed E-state index contributed by atoms with van der Waals surface area (Å²) in [7, 11) is 0. The third-order valence-electron chi connectivity index (χ3n) is 1.98. The average Bonchev–Trinajstić information content (AvgIpc) is 2.28. The summed E-state index contributed by atoms with van der Waals surface area (Å²) in [6.07, 6.45) is 4.03. The summed E-state index contributed by atoms with van der Waals surface area (Å²) in [5.74, 6) is -0.230. The second kappa shape index (κ2) is 3.72. The van der Waals surface area contributed by atoms with Crippen LogP contribution in [0.25, 0.3) is 0 Å². The Kier molecular flexibility index (Phi) is 2.88. The lowest BCUT2D eigenvalue weighted by molar-refractivity contribution is -0.142. The lowest BCUT2D eigenvalue weighted by Crippen LogP contribution is -2.24. The van der Waals surface area contributed by atoms with Gasteiger partial charge in [0.15, 0.2) is 0 Å². The van der Waals surface area contributed by atoms with Gasteiger partial charge in [0.2, 0.25) is 0 Å². The van der Waals surface area contributed by atoms with Crippen LogP contribution in [0.2, 0.25) is 0 Å². The number of esters is 1. The lowest BCUT2D eigenvalue weighted by atomic mass is 10.1. The van der Waals surface area contributed by atoms with Gasteiger partial charge in [-0.1, -0.05) is 19.8 Å². The van der Waals surface area contributed by atoms with Gasteiger partial charge in [-0.25, -0.2) is 0 Å². The van der Waals surface area contributed by atoms with Gasteiger partial charge in [-0.05, 0) is 6.42 Å². The summed E-state index contributed by atoms with van der Waals surface area (Å²) in [5, 5.41) is 0. The number of nitrogens with two attached hydrogens (primary N) is 1. The maximum atomic E-state index is 10.8. The summed E-state index contributed by atoms with van der Waals surface area (Å²) in [5.41, 5.74) is 5.47. The van der Waals surface area contributed by atoms with Gasteiger partial charge in [0.1, 0.15) is 12.1 Å². The van der Waals surface area contributed by atoms with Crippen LogP contribution in [-0.4, -0.2) is 18.1 Å². The zero-order chi connectivity index (χ0) is 8.27. The monoisotopic (exact) mass is 157 g/mol. The van der Waals surface area contributed by atoms with Crippen LogP contribution in [-0.2, 0) is 9.53 Å². The Balaban J connectivity index is 2.24. The molecule has 0 aliphatic carbocycles. The van der Waals surface area contributed by atoms with Crippen LogP contribution in [0, 0.1) is 0 Å². The Morgan fingerprint density at radius 2 is 2.45 bits per heavy atom. The molecule has 11 heavy (non-hydrogen) atoms. The van der Waals surface area contributed by atoms with Crippen LogP contribution in [0.1, 0.15) is 32.6 Å². The lowest BCUT2D eigenvalue weighted by Gasteiger charge is -2.05. The van der Waals surface area contributed by atoms with Crippen molar-refractivity contribution in [2.24, 2.45) is 5.73 Å². The van der Waals surface area contributed by atoms with E-state index < -0.39 is 0 Å². The first-order chi connectivity index (χ1) is 5.24. The predicted molar refractivity (Wildman–Crippen MR) is 42.0 cm³/mol. The van der Waals surface area contributed by atoms with Crippen molar-refractivity contribution in [2.75, 3.05) is 0 Å². The molecule has 0 aromatic carbocycles. The fourth-order valence-electron chi connectivity index (χ4n) is 1.29. The Labute approximate surface area is 66.9 Å². The summed E-state index contributed by atoms with van der Waals surface area (Å²) < 4.78 is 5.01. The molecule has 2 atom stereocenters. The van der Waals surface area contributed by atoms with Gasteiger partial charge < -0.3 is 10.5 Å². The van der Waals surface area contributed by atoms with Crippen molar-refractivity contribution < 1.29 is 9.53 Å². The first-order valence-electron chi connectivity index (χ1n) is 4.20. The highest BCUT2D eigenvalue weighted by Crippen LogP contribution is 2.17. The van der Waals surface area contributed by atoms with E-state index in [9.17, 15) is 4.79 Å². The van der Waals surface area contributed by atoms with E-state index in [2.05, 4.69) is 6.92 Å². The van der Waals surface area contributed by atoms with Gasteiger partial charge in [0.25, 0.3) is 0 Å². The van der Waals surface area contributed by atoms with E-state index in [0.29, 0.717) is 6.42 Å². The fourth-order valence-corrected chi connectivity index (χ4v) is 1.29. The minimum absolute atomic E-state index is 0.0949. The highest BCUT2D eigenvalue weighted by Gasteiger charge is 2.30. The second-order valence-electron chi connectivity index (χ2n) is 3.04. The van der Waals surface area contributed by atoms with Gasteiger partial charge in [0.05, 0.1) is 0 Å². The maximum absolute atomic E-state index is 10.8. The van der Waals surface area contributed by atoms with Gasteiger partial charge in [-0.2, -0.15) is 0 Å². The number of ether oxygens (including phenoxy) is 1. The molecule has 0 bridgehead atoms. The van der Waals surface area contributed by atoms with E-state index in [1.54, 1.807) is 0 Å². The molecule has 0 unspecified atom stereocenters. The number of carbonyl (C=O) groups excluding carboxylic acids is 1. The third-order valence-corrected chi connectivity index (χ3v) is 1.98. The molecule has 0 aromatic rings. The van der Waals surface area contributed by atoms with Gasteiger partial charge >= 0.3 is 5.97 Å². The molecule has 1 aliphatic rings. The minimum atomic E-state index is -0.364. The first kappa shape index (κ1) is 8.53. The number of hydrogen-bond donors (Lipinski definition) is 1. The molecule has 3 heteroatoms. The van der Waals surface area contributed by atoms with E-state index in [-0.39, 0.29) is 18.1 Å². The van der Waals surface area contributed by atoms with E-state index >= 15 is 0 Å². The molecule has 0 amide bonds. The molecule has 3 nitrogen and oxygen atoms in total. The summed E-state index contributed by atoms with van der Waals surface area (Å²) >= 11 is 0. The van der Waals surface area contributed by atoms with Crippen LogP contribution >= 0.6 is 0 Å². The Hall–Kier alpha value is -0.570. The van der Waals surface area contributed by atoms with Crippen molar-refractivity contribution in [2.45, 2.75) is 44.8 Å². The quantitative estimate of drug-likeness (QED) is 0.617. The van der Waals surface area contributed by atoms with E-state index in [1.165, 1.54) is 0 Å². The standard InChI is InChI=1S/C8H15NO2/c1-2-3-4-6-5-7(9)8(10)11-6/h6-7H,2-5,9H2,1H3/t6-,7+/m0/s1. The zero-order valence-corrected chi connectivity index (χ0v) is 6.88. The molecule has 1 saturated heterocycles. The van der Waals surface area contributed by atoms with Crippen LogP contribution in [0.4, 0.5) is 0 Å². The molecular weight excluding hydrogens is 142 g/mol. The van der Waals surface area contributed by atoms with Crippen molar-refractivity contribution in [1.82, 2.24) is 0 Å². The summed E-state index contributed by atoms with van der Waals surface area (Å²) in [6, 6.07) is -0.364. The Bertz CT molecular complexity index is 147. The number of hydrogen-bond acceptors (Lipinski definition) is 3. The molecule has 0 spiro atoms. The summed E-state index contributed by atoms with van der Waals surface area (Å²) in [6.45, 7) is 2.12. The molecule has 64 valence electrons. The highest BCUT2D eigenvalue weighted by atomic mass is 16.6. The van der Waals surface area contributed by atoms with Gasteiger partial charge in [-0.3, -0.25) is 4.79 Å². The average molecular weight is 157 g/mol. The van der Waals surface area contributed by atoms with E-state index in [4.69, 9.17) is 10.5 Å². The molecule has 1 heterocycles. The largest absolute Gasteiger partial charge is 0.461 e. The van der Waals surface area contributed by atoms with Gasteiger partial charge in [-0.15, -0.1) is 0 Å².